The van der Waals surface area contributed by atoms with E-state index in [-0.39, 0.29) is 5.91 Å². The van der Waals surface area contributed by atoms with Crippen molar-refractivity contribution in [1.29, 1.82) is 0 Å². The molecule has 0 aliphatic heterocycles. The van der Waals surface area contributed by atoms with Crippen LogP contribution in [-0.2, 0) is 4.79 Å². The summed E-state index contributed by atoms with van der Waals surface area (Å²) < 4.78 is 10.8. The minimum Gasteiger partial charge on any atom is -0.494 e. The zero-order chi connectivity index (χ0) is 16.7. The van der Waals surface area contributed by atoms with Gasteiger partial charge in [-0.1, -0.05) is 6.07 Å². The van der Waals surface area contributed by atoms with E-state index >= 15 is 0 Å². The molecule has 0 saturated carbocycles. The lowest BCUT2D eigenvalue weighted by Crippen LogP contribution is -2.47. The monoisotopic (exact) mass is 334 g/mol. The van der Waals surface area contributed by atoms with Gasteiger partial charge in [0.25, 0.3) is 11.8 Å². The first-order valence-electron chi connectivity index (χ1n) is 7.13. The van der Waals surface area contributed by atoms with Gasteiger partial charge in [-0.05, 0) is 49.6 Å². The van der Waals surface area contributed by atoms with E-state index < -0.39 is 12.0 Å². The van der Waals surface area contributed by atoms with E-state index in [1.54, 1.807) is 48.7 Å². The third-order valence-electron chi connectivity index (χ3n) is 2.86. The van der Waals surface area contributed by atoms with Crippen molar-refractivity contribution in [2.24, 2.45) is 0 Å². The molecule has 1 aromatic carbocycles. The van der Waals surface area contributed by atoms with Crippen LogP contribution in [0.3, 0.4) is 0 Å². The highest BCUT2D eigenvalue weighted by molar-refractivity contribution is 7.12. The molecule has 0 aliphatic carbocycles. The Morgan fingerprint density at radius 2 is 1.83 bits per heavy atom. The van der Waals surface area contributed by atoms with Crippen LogP contribution >= 0.6 is 11.3 Å². The quantitative estimate of drug-likeness (QED) is 0.795. The van der Waals surface area contributed by atoms with Crippen molar-refractivity contribution < 1.29 is 19.1 Å². The van der Waals surface area contributed by atoms with Gasteiger partial charge in [0, 0.05) is 0 Å². The minimum atomic E-state index is -0.753. The number of benzene rings is 1. The maximum absolute atomic E-state index is 11.9. The minimum absolute atomic E-state index is 0.360. The Balaban J connectivity index is 1.81. The number of hydrogen-bond donors (Lipinski definition) is 2. The van der Waals surface area contributed by atoms with Gasteiger partial charge in [0.15, 0.2) is 6.10 Å². The van der Waals surface area contributed by atoms with Gasteiger partial charge in [-0.25, -0.2) is 0 Å². The summed E-state index contributed by atoms with van der Waals surface area (Å²) in [5.74, 6) is 0.478. The SMILES string of the molecule is CCOc1ccc(OC(C)C(=O)NNC(=O)c2cccs2)cc1. The summed E-state index contributed by atoms with van der Waals surface area (Å²) in [6.45, 7) is 4.09. The molecule has 0 fully saturated rings. The summed E-state index contributed by atoms with van der Waals surface area (Å²) in [6.07, 6.45) is -0.753. The highest BCUT2D eigenvalue weighted by Gasteiger charge is 2.16. The molecule has 23 heavy (non-hydrogen) atoms. The van der Waals surface area contributed by atoms with Crippen molar-refractivity contribution in [3.63, 3.8) is 0 Å². The molecule has 6 nitrogen and oxygen atoms in total. The summed E-state index contributed by atoms with van der Waals surface area (Å²) in [5, 5.41) is 1.79. The molecule has 2 amide bonds. The van der Waals surface area contributed by atoms with E-state index in [1.165, 1.54) is 11.3 Å². The fourth-order valence-corrected chi connectivity index (χ4v) is 2.35. The Bertz CT molecular complexity index is 641. The molecule has 0 radical (unpaired) electrons. The number of nitrogens with one attached hydrogen (secondary N) is 2. The van der Waals surface area contributed by atoms with E-state index in [4.69, 9.17) is 9.47 Å². The first kappa shape index (κ1) is 16.8. The number of hydrogen-bond acceptors (Lipinski definition) is 5. The average molecular weight is 334 g/mol. The van der Waals surface area contributed by atoms with E-state index in [1.807, 2.05) is 6.92 Å². The molecule has 122 valence electrons. The van der Waals surface area contributed by atoms with Gasteiger partial charge in [0.05, 0.1) is 11.5 Å². The van der Waals surface area contributed by atoms with E-state index in [0.29, 0.717) is 17.2 Å². The van der Waals surface area contributed by atoms with Crippen LogP contribution in [0.4, 0.5) is 0 Å². The molecular formula is C16H18N2O4S. The normalized spacial score (nSPS) is 11.4. The number of rotatable bonds is 6. The van der Waals surface area contributed by atoms with E-state index in [9.17, 15) is 9.59 Å². The number of carbonyl (C=O) groups is 2. The second-order valence-electron chi connectivity index (χ2n) is 4.59. The Morgan fingerprint density at radius 3 is 2.43 bits per heavy atom. The molecule has 0 spiro atoms. The molecule has 7 heteroatoms. The van der Waals surface area contributed by atoms with Crippen LogP contribution < -0.4 is 20.3 Å². The van der Waals surface area contributed by atoms with E-state index in [2.05, 4.69) is 10.9 Å². The van der Waals surface area contributed by atoms with Gasteiger partial charge in [0.1, 0.15) is 11.5 Å². The molecule has 2 aromatic rings. The zero-order valence-electron chi connectivity index (χ0n) is 12.9. The number of amides is 2. The average Bonchev–Trinajstić information content (AvgIpc) is 3.09. The summed E-state index contributed by atoms with van der Waals surface area (Å²) in [5.41, 5.74) is 4.69. The van der Waals surface area contributed by atoms with Crippen molar-refractivity contribution in [3.8, 4) is 11.5 Å². The molecule has 1 heterocycles. The Morgan fingerprint density at radius 1 is 1.13 bits per heavy atom. The number of carbonyl (C=O) groups excluding carboxylic acids is 2. The second kappa shape index (κ2) is 8.19. The van der Waals surface area contributed by atoms with Crippen LogP contribution in [0.5, 0.6) is 11.5 Å². The van der Waals surface area contributed by atoms with Gasteiger partial charge >= 0.3 is 0 Å². The highest BCUT2D eigenvalue weighted by Crippen LogP contribution is 2.18. The third-order valence-corrected chi connectivity index (χ3v) is 3.73. The van der Waals surface area contributed by atoms with Crippen LogP contribution in [0.15, 0.2) is 41.8 Å². The van der Waals surface area contributed by atoms with Crippen LogP contribution in [0.25, 0.3) is 0 Å². The van der Waals surface area contributed by atoms with Crippen LogP contribution in [0, 0.1) is 0 Å². The maximum Gasteiger partial charge on any atom is 0.279 e. The van der Waals surface area contributed by atoms with Crippen molar-refractivity contribution in [1.82, 2.24) is 10.9 Å². The molecule has 1 atom stereocenters. The van der Waals surface area contributed by atoms with Crippen molar-refractivity contribution in [2.75, 3.05) is 6.61 Å². The lowest BCUT2D eigenvalue weighted by Gasteiger charge is -2.15. The Labute approximate surface area is 138 Å². The van der Waals surface area contributed by atoms with Crippen LogP contribution in [0.1, 0.15) is 23.5 Å². The van der Waals surface area contributed by atoms with Crippen LogP contribution in [0.2, 0.25) is 0 Å². The summed E-state index contributed by atoms with van der Waals surface area (Å²) in [4.78, 5) is 24.2. The molecule has 1 unspecified atom stereocenters. The predicted octanol–water partition coefficient (Wildman–Crippen LogP) is 2.38. The number of ether oxygens (including phenoxy) is 2. The van der Waals surface area contributed by atoms with Gasteiger partial charge in [0.2, 0.25) is 0 Å². The van der Waals surface area contributed by atoms with Crippen molar-refractivity contribution >= 4 is 23.2 Å². The van der Waals surface area contributed by atoms with Gasteiger partial charge in [-0.2, -0.15) is 0 Å². The second-order valence-corrected chi connectivity index (χ2v) is 5.53. The smallest absolute Gasteiger partial charge is 0.279 e. The first-order chi connectivity index (χ1) is 11.1. The molecular weight excluding hydrogens is 316 g/mol. The van der Waals surface area contributed by atoms with Crippen molar-refractivity contribution in [2.45, 2.75) is 20.0 Å². The van der Waals surface area contributed by atoms with Gasteiger partial charge in [-0.15, -0.1) is 11.3 Å². The largest absolute Gasteiger partial charge is 0.494 e. The molecule has 1 aromatic heterocycles. The molecule has 2 N–H and O–H groups in total. The fraction of sp³-hybridized carbons (Fsp3) is 0.250. The predicted molar refractivity (Wildman–Crippen MR) is 87.6 cm³/mol. The van der Waals surface area contributed by atoms with Gasteiger partial charge < -0.3 is 9.47 Å². The fourth-order valence-electron chi connectivity index (χ4n) is 1.73. The summed E-state index contributed by atoms with van der Waals surface area (Å²) in [6, 6.07) is 10.4. The molecule has 2 rings (SSSR count). The zero-order valence-corrected chi connectivity index (χ0v) is 13.7. The molecule has 0 bridgehead atoms. The lowest BCUT2D eigenvalue weighted by molar-refractivity contribution is -0.128. The van der Waals surface area contributed by atoms with E-state index in [0.717, 1.165) is 5.75 Å². The lowest BCUT2D eigenvalue weighted by atomic mass is 10.3. The first-order valence-corrected chi connectivity index (χ1v) is 8.01. The van der Waals surface area contributed by atoms with Gasteiger partial charge in [-0.3, -0.25) is 20.4 Å². The van der Waals surface area contributed by atoms with Crippen molar-refractivity contribution in [3.05, 3.63) is 46.7 Å². The number of hydrazine groups is 1. The Hall–Kier alpha value is -2.54. The third kappa shape index (κ3) is 5.00. The van der Waals surface area contributed by atoms with Crippen LogP contribution in [-0.4, -0.2) is 24.5 Å². The maximum atomic E-state index is 11.9. The molecule has 0 saturated heterocycles. The topological polar surface area (TPSA) is 76.7 Å². The highest BCUT2D eigenvalue weighted by atomic mass is 32.1. The molecule has 0 aliphatic rings. The standard InChI is InChI=1S/C16H18N2O4S/c1-3-21-12-6-8-13(9-7-12)22-11(2)15(19)17-18-16(20)14-5-4-10-23-14/h4-11H,3H2,1-2H3,(H,17,19)(H,18,20). The summed E-state index contributed by atoms with van der Waals surface area (Å²) in [7, 11) is 0. The Kier molecular flexibility index (Phi) is 5.99. The summed E-state index contributed by atoms with van der Waals surface area (Å²) >= 11 is 1.29. The number of thiophene rings is 1.